The van der Waals surface area contributed by atoms with Crippen LogP contribution in [0.2, 0.25) is 10.0 Å². The van der Waals surface area contributed by atoms with Crippen LogP contribution in [0.25, 0.3) is 11.1 Å². The summed E-state index contributed by atoms with van der Waals surface area (Å²) in [6.45, 7) is 4.63. The molecular formula is C41H43Cl2FN8O5. The van der Waals surface area contributed by atoms with Gasteiger partial charge in [-0.15, -0.1) is 0 Å². The average molecular weight is 818 g/mol. The Balaban J connectivity index is 0.837. The first-order valence-electron chi connectivity index (χ1n) is 19.4. The second-order valence-electron chi connectivity index (χ2n) is 15.5. The number of nitrogens with zero attached hydrogens (tertiary/aromatic N) is 5. The summed E-state index contributed by atoms with van der Waals surface area (Å²) in [7, 11) is 0. The number of likely N-dealkylation sites (tertiary alicyclic amines) is 1. The summed E-state index contributed by atoms with van der Waals surface area (Å²) in [5.74, 6) is -1.53. The molecule has 8 rings (SSSR count). The third-order valence-electron chi connectivity index (χ3n) is 11.6. The normalized spacial score (nSPS) is 23.3. The molecule has 4 aliphatic rings. The van der Waals surface area contributed by atoms with Crippen LogP contribution in [-0.4, -0.2) is 79.9 Å². The Bertz CT molecular complexity index is 2240. The van der Waals surface area contributed by atoms with Crippen molar-refractivity contribution in [2.24, 2.45) is 5.92 Å². The SMILES string of the molecule is C[C@@H](Oc1cc(-c2cnn(C3CCC(CN4CCCC(Nc5ccc6c(c5)C(=O)N(C5CCC(=O)NC5=O)C6=O)C4)CC3)c2)cnc1N)c1c(Cl)ccc(F)c1Cl. The third-order valence-corrected chi connectivity index (χ3v) is 12.3. The lowest BCUT2D eigenvalue weighted by atomic mass is 9.85. The predicted molar refractivity (Wildman–Crippen MR) is 213 cm³/mol. The number of nitrogen functional groups attached to an aromatic ring is 1. The number of fused-ring (bicyclic) bond motifs is 1. The van der Waals surface area contributed by atoms with E-state index in [9.17, 15) is 23.6 Å². The molecule has 5 heterocycles. The zero-order valence-corrected chi connectivity index (χ0v) is 32.9. The van der Waals surface area contributed by atoms with Crippen LogP contribution in [0.4, 0.5) is 15.9 Å². The number of carbonyl (C=O) groups is 4. The summed E-state index contributed by atoms with van der Waals surface area (Å²) in [6, 6.07) is 9.10. The van der Waals surface area contributed by atoms with Gasteiger partial charge in [0.1, 0.15) is 18.0 Å². The fraction of sp³-hybridized carbons (Fsp3) is 0.415. The van der Waals surface area contributed by atoms with E-state index >= 15 is 0 Å². The van der Waals surface area contributed by atoms with Crippen LogP contribution in [0.5, 0.6) is 5.75 Å². The number of amides is 4. The number of piperidine rings is 2. The fourth-order valence-corrected chi connectivity index (χ4v) is 9.33. The number of rotatable bonds is 10. The number of aromatic nitrogens is 3. The van der Waals surface area contributed by atoms with Crippen LogP contribution in [0.1, 0.15) is 96.7 Å². The molecule has 4 aromatic rings. The summed E-state index contributed by atoms with van der Waals surface area (Å²) < 4.78 is 22.3. The maximum absolute atomic E-state index is 14.2. The lowest BCUT2D eigenvalue weighted by Gasteiger charge is -2.37. The monoisotopic (exact) mass is 816 g/mol. The van der Waals surface area contributed by atoms with E-state index in [1.165, 1.54) is 12.1 Å². The summed E-state index contributed by atoms with van der Waals surface area (Å²) in [5, 5.41) is 10.7. The molecule has 0 spiro atoms. The Hall–Kier alpha value is -5.05. The molecule has 57 heavy (non-hydrogen) atoms. The standard InChI is InChI=1S/C41H43Cl2FN8O5/c1-22(36-31(42)10-11-32(44)37(36)43)57-34-15-24(17-46-38(34)45)25-18-47-51(20-25)28-7-4-23(5-8-28)19-50-14-2-3-27(21-50)48-26-6-9-29-30(16-26)41(56)52(40(29)55)33-12-13-35(53)49-39(33)54/h6,9-11,15-18,20,22-23,27-28,33,48H,2-5,7-8,12-14,19,21H2,1H3,(H2,45,46)(H,49,53,54)/t22-,23?,27?,28?,33?/m1/s1. The summed E-state index contributed by atoms with van der Waals surface area (Å²) in [5.41, 5.74) is 9.46. The largest absolute Gasteiger partial charge is 0.482 e. The van der Waals surface area contributed by atoms with Gasteiger partial charge in [0.2, 0.25) is 11.8 Å². The Morgan fingerprint density at radius 3 is 2.56 bits per heavy atom. The molecule has 3 aliphatic heterocycles. The van der Waals surface area contributed by atoms with E-state index in [1.54, 1.807) is 31.3 Å². The van der Waals surface area contributed by atoms with Gasteiger partial charge in [-0.05, 0) is 101 Å². The Morgan fingerprint density at radius 1 is 0.982 bits per heavy atom. The van der Waals surface area contributed by atoms with Gasteiger partial charge in [0.15, 0.2) is 11.6 Å². The average Bonchev–Trinajstić information content (AvgIpc) is 3.77. The van der Waals surface area contributed by atoms with Gasteiger partial charge in [0, 0.05) is 65.3 Å². The minimum atomic E-state index is -0.987. The van der Waals surface area contributed by atoms with E-state index in [2.05, 4.69) is 20.5 Å². The van der Waals surface area contributed by atoms with Gasteiger partial charge in [-0.3, -0.25) is 34.1 Å². The zero-order chi connectivity index (χ0) is 40.0. The number of hydrogen-bond donors (Lipinski definition) is 3. The van der Waals surface area contributed by atoms with Crippen molar-refractivity contribution in [1.82, 2.24) is 29.9 Å². The van der Waals surface area contributed by atoms with Crippen molar-refractivity contribution in [2.75, 3.05) is 30.7 Å². The minimum absolute atomic E-state index is 0.0821. The molecule has 3 fully saturated rings. The van der Waals surface area contributed by atoms with Crippen molar-refractivity contribution >= 4 is 58.3 Å². The molecule has 298 valence electrons. The van der Waals surface area contributed by atoms with E-state index in [4.69, 9.17) is 38.8 Å². The first-order valence-corrected chi connectivity index (χ1v) is 20.1. The molecule has 2 aromatic carbocycles. The van der Waals surface area contributed by atoms with E-state index in [0.717, 1.165) is 79.9 Å². The fourth-order valence-electron chi connectivity index (χ4n) is 8.65. The molecule has 1 saturated carbocycles. The summed E-state index contributed by atoms with van der Waals surface area (Å²) in [6.07, 6.45) is 11.3. The van der Waals surface area contributed by atoms with Crippen LogP contribution >= 0.6 is 23.2 Å². The number of halogens is 3. The summed E-state index contributed by atoms with van der Waals surface area (Å²) >= 11 is 12.5. The van der Waals surface area contributed by atoms with Gasteiger partial charge in [0.25, 0.3) is 11.8 Å². The number of benzene rings is 2. The van der Waals surface area contributed by atoms with E-state index in [1.807, 2.05) is 23.1 Å². The van der Waals surface area contributed by atoms with Crippen molar-refractivity contribution in [3.05, 3.63) is 87.5 Å². The summed E-state index contributed by atoms with van der Waals surface area (Å²) in [4.78, 5) is 58.4. The van der Waals surface area contributed by atoms with E-state index in [0.29, 0.717) is 22.3 Å². The number of anilines is 2. The molecule has 0 radical (unpaired) electrons. The van der Waals surface area contributed by atoms with Gasteiger partial charge in [-0.1, -0.05) is 23.2 Å². The number of ether oxygens (including phenoxy) is 1. The lowest BCUT2D eigenvalue weighted by molar-refractivity contribution is -0.136. The molecule has 16 heteroatoms. The number of carbonyl (C=O) groups excluding carboxylic acids is 4. The van der Waals surface area contributed by atoms with Crippen molar-refractivity contribution in [2.45, 2.75) is 82.5 Å². The van der Waals surface area contributed by atoms with Gasteiger partial charge in [0.05, 0.1) is 28.4 Å². The van der Waals surface area contributed by atoms with Crippen molar-refractivity contribution in [3.8, 4) is 16.9 Å². The van der Waals surface area contributed by atoms with E-state index in [-0.39, 0.29) is 46.9 Å². The third kappa shape index (κ3) is 7.95. The van der Waals surface area contributed by atoms with Crippen molar-refractivity contribution in [3.63, 3.8) is 0 Å². The highest BCUT2D eigenvalue weighted by atomic mass is 35.5. The molecule has 4 N–H and O–H groups in total. The highest BCUT2D eigenvalue weighted by Gasteiger charge is 2.44. The first-order chi connectivity index (χ1) is 27.4. The van der Waals surface area contributed by atoms with Crippen LogP contribution < -0.4 is 21.1 Å². The molecule has 1 aliphatic carbocycles. The topological polar surface area (TPSA) is 165 Å². The van der Waals surface area contributed by atoms with Gasteiger partial charge < -0.3 is 20.7 Å². The number of hydrogen-bond acceptors (Lipinski definition) is 10. The number of imide groups is 2. The molecule has 2 saturated heterocycles. The molecular weight excluding hydrogens is 774 g/mol. The number of nitrogens with one attached hydrogen (secondary N) is 2. The van der Waals surface area contributed by atoms with Gasteiger partial charge >= 0.3 is 0 Å². The van der Waals surface area contributed by atoms with Crippen LogP contribution in [0, 0.1) is 11.7 Å². The minimum Gasteiger partial charge on any atom is -0.482 e. The molecule has 0 bridgehead atoms. The highest BCUT2D eigenvalue weighted by Crippen LogP contribution is 2.38. The van der Waals surface area contributed by atoms with E-state index < -0.39 is 41.6 Å². The van der Waals surface area contributed by atoms with Crippen LogP contribution in [0.15, 0.2) is 55.0 Å². The molecule has 3 atom stereocenters. The predicted octanol–water partition coefficient (Wildman–Crippen LogP) is 6.82. The number of nitrogens with two attached hydrogens (primary N) is 1. The van der Waals surface area contributed by atoms with Crippen LogP contribution in [-0.2, 0) is 9.59 Å². The number of pyridine rings is 1. The van der Waals surface area contributed by atoms with Gasteiger partial charge in [-0.25, -0.2) is 9.37 Å². The molecule has 13 nitrogen and oxygen atoms in total. The maximum atomic E-state index is 14.2. The molecule has 4 amide bonds. The second-order valence-corrected chi connectivity index (χ2v) is 16.2. The van der Waals surface area contributed by atoms with Crippen molar-refractivity contribution in [1.29, 1.82) is 0 Å². The smallest absolute Gasteiger partial charge is 0.262 e. The molecule has 2 unspecified atom stereocenters. The second kappa shape index (κ2) is 16.1. The highest BCUT2D eigenvalue weighted by molar-refractivity contribution is 6.36. The molecule has 2 aromatic heterocycles. The Morgan fingerprint density at radius 2 is 1.77 bits per heavy atom. The maximum Gasteiger partial charge on any atom is 0.262 e. The Kier molecular flexibility index (Phi) is 10.9. The Labute approximate surface area is 339 Å². The zero-order valence-electron chi connectivity index (χ0n) is 31.3. The van der Waals surface area contributed by atoms with Crippen LogP contribution in [0.3, 0.4) is 0 Å². The quantitative estimate of drug-likeness (QED) is 0.114. The van der Waals surface area contributed by atoms with Gasteiger partial charge in [-0.2, -0.15) is 5.10 Å². The lowest BCUT2D eigenvalue weighted by Crippen LogP contribution is -2.54. The van der Waals surface area contributed by atoms with Crippen molar-refractivity contribution < 1.29 is 28.3 Å². The first kappa shape index (κ1) is 38.8.